The molecular weight excluding hydrogens is 266 g/mol. The first-order valence-electron chi connectivity index (χ1n) is 6.49. The first kappa shape index (κ1) is 16.1. The molecule has 0 fully saturated rings. The molecule has 0 radical (unpaired) electrons. The van der Waals surface area contributed by atoms with Crippen LogP contribution >= 0.6 is 0 Å². The van der Waals surface area contributed by atoms with Gasteiger partial charge in [-0.3, -0.25) is 4.79 Å². The summed E-state index contributed by atoms with van der Waals surface area (Å²) in [5.74, 6) is -1.64. The maximum atomic E-state index is 13.5. The van der Waals surface area contributed by atoms with E-state index in [1.54, 1.807) is 14.1 Å². The highest BCUT2D eigenvalue weighted by molar-refractivity contribution is 5.76. The van der Waals surface area contributed by atoms with Crippen LogP contribution in [0.2, 0.25) is 0 Å². The van der Waals surface area contributed by atoms with Gasteiger partial charge in [0.1, 0.15) is 0 Å². The van der Waals surface area contributed by atoms with E-state index in [1.807, 2.05) is 6.92 Å². The second-order valence-electron chi connectivity index (χ2n) is 4.54. The molecule has 0 aliphatic heterocycles. The number of nitrogens with zero attached hydrogens (tertiary/aromatic N) is 2. The molecule has 1 rings (SSSR count). The Labute approximate surface area is 117 Å². The second kappa shape index (κ2) is 7.62. The van der Waals surface area contributed by atoms with Gasteiger partial charge in [-0.05, 0) is 6.42 Å². The molecule has 112 valence electrons. The zero-order chi connectivity index (χ0) is 15.1. The molecule has 0 aromatic carbocycles. The molecule has 0 bridgehead atoms. The van der Waals surface area contributed by atoms with Crippen molar-refractivity contribution in [1.29, 1.82) is 0 Å². The van der Waals surface area contributed by atoms with E-state index in [0.717, 1.165) is 12.5 Å². The Morgan fingerprint density at radius 3 is 2.25 bits per heavy atom. The smallest absolute Gasteiger partial charge is 0.223 e. The van der Waals surface area contributed by atoms with E-state index in [4.69, 9.17) is 0 Å². The number of nitrogens with one attached hydrogen (secondary N) is 2. The first-order chi connectivity index (χ1) is 9.45. The SMILES string of the molecule is CCCNc1nc(NCCC(=O)N(C)C)c(F)cc1F. The summed E-state index contributed by atoms with van der Waals surface area (Å²) in [6, 6.07) is 0.779. The summed E-state index contributed by atoms with van der Waals surface area (Å²) in [5.41, 5.74) is 0. The fraction of sp³-hybridized carbons (Fsp3) is 0.538. The number of pyridine rings is 1. The number of anilines is 2. The van der Waals surface area contributed by atoms with Crippen molar-refractivity contribution in [2.24, 2.45) is 0 Å². The van der Waals surface area contributed by atoms with Crippen LogP contribution in [-0.4, -0.2) is 43.0 Å². The van der Waals surface area contributed by atoms with Crippen molar-refractivity contribution in [3.8, 4) is 0 Å². The van der Waals surface area contributed by atoms with Crippen LogP contribution in [0.15, 0.2) is 6.07 Å². The van der Waals surface area contributed by atoms with Crippen LogP contribution in [-0.2, 0) is 4.79 Å². The minimum absolute atomic E-state index is 0.00897. The predicted molar refractivity (Wildman–Crippen MR) is 74.7 cm³/mol. The van der Waals surface area contributed by atoms with Crippen molar-refractivity contribution < 1.29 is 13.6 Å². The van der Waals surface area contributed by atoms with Gasteiger partial charge in [-0.15, -0.1) is 0 Å². The van der Waals surface area contributed by atoms with Gasteiger partial charge in [0, 0.05) is 39.7 Å². The topological polar surface area (TPSA) is 57.3 Å². The minimum atomic E-state index is -0.776. The molecule has 0 spiro atoms. The monoisotopic (exact) mass is 286 g/mol. The van der Waals surface area contributed by atoms with Crippen LogP contribution in [0, 0.1) is 11.6 Å². The van der Waals surface area contributed by atoms with Gasteiger partial charge in [0.2, 0.25) is 5.91 Å². The van der Waals surface area contributed by atoms with Crippen LogP contribution in [0.25, 0.3) is 0 Å². The Balaban J connectivity index is 2.67. The minimum Gasteiger partial charge on any atom is -0.368 e. The highest BCUT2D eigenvalue weighted by Gasteiger charge is 2.12. The Bertz CT molecular complexity index is 466. The molecule has 5 nitrogen and oxygen atoms in total. The lowest BCUT2D eigenvalue weighted by Gasteiger charge is -2.12. The van der Waals surface area contributed by atoms with Gasteiger partial charge in [0.15, 0.2) is 23.3 Å². The number of amides is 1. The van der Waals surface area contributed by atoms with Gasteiger partial charge in [0.25, 0.3) is 0 Å². The molecule has 7 heteroatoms. The highest BCUT2D eigenvalue weighted by Crippen LogP contribution is 2.18. The molecule has 1 aromatic rings. The molecule has 0 aliphatic rings. The van der Waals surface area contributed by atoms with E-state index < -0.39 is 11.6 Å². The zero-order valence-electron chi connectivity index (χ0n) is 12.0. The van der Waals surface area contributed by atoms with E-state index in [-0.39, 0.29) is 30.5 Å². The lowest BCUT2D eigenvalue weighted by Crippen LogP contribution is -2.24. The summed E-state index contributed by atoms with van der Waals surface area (Å²) in [5, 5.41) is 5.48. The summed E-state index contributed by atoms with van der Waals surface area (Å²) in [4.78, 5) is 16.7. The maximum Gasteiger partial charge on any atom is 0.223 e. The largest absolute Gasteiger partial charge is 0.368 e. The standard InChI is InChI=1S/C13H20F2N4O/c1-4-6-16-12-9(14)8-10(15)13(18-12)17-7-5-11(20)19(2)3/h8H,4-7H2,1-3H3,(H2,16,17,18). The fourth-order valence-corrected chi connectivity index (χ4v) is 1.47. The summed E-state index contributed by atoms with van der Waals surface area (Å²) in [6.45, 7) is 2.72. The second-order valence-corrected chi connectivity index (χ2v) is 4.54. The number of carbonyl (C=O) groups excluding carboxylic acids is 1. The van der Waals surface area contributed by atoms with Crippen molar-refractivity contribution in [3.05, 3.63) is 17.7 Å². The zero-order valence-corrected chi connectivity index (χ0v) is 12.0. The summed E-state index contributed by atoms with van der Waals surface area (Å²) in [6.07, 6.45) is 1.02. The third kappa shape index (κ3) is 4.64. The Hall–Kier alpha value is -1.92. The molecule has 0 aliphatic carbocycles. The number of carbonyl (C=O) groups is 1. The summed E-state index contributed by atoms with van der Waals surface area (Å²) >= 11 is 0. The van der Waals surface area contributed by atoms with E-state index in [2.05, 4.69) is 15.6 Å². The molecule has 20 heavy (non-hydrogen) atoms. The molecule has 1 amide bonds. The molecular formula is C13H20F2N4O. The average molecular weight is 286 g/mol. The molecule has 0 saturated carbocycles. The van der Waals surface area contributed by atoms with Crippen molar-refractivity contribution in [1.82, 2.24) is 9.88 Å². The van der Waals surface area contributed by atoms with Crippen molar-refractivity contribution >= 4 is 17.5 Å². The number of rotatable bonds is 7. The lowest BCUT2D eigenvalue weighted by atomic mass is 10.3. The van der Waals surface area contributed by atoms with Gasteiger partial charge >= 0.3 is 0 Å². The number of hydrogen-bond acceptors (Lipinski definition) is 4. The van der Waals surface area contributed by atoms with E-state index in [0.29, 0.717) is 6.54 Å². The predicted octanol–water partition coefficient (Wildman–Crippen LogP) is 2.07. The maximum absolute atomic E-state index is 13.5. The van der Waals surface area contributed by atoms with Crippen molar-refractivity contribution in [3.63, 3.8) is 0 Å². The molecule has 1 aromatic heterocycles. The normalized spacial score (nSPS) is 10.2. The van der Waals surface area contributed by atoms with Crippen LogP contribution in [0.3, 0.4) is 0 Å². The quantitative estimate of drug-likeness (QED) is 0.805. The molecule has 0 unspecified atom stereocenters. The summed E-state index contributed by atoms with van der Waals surface area (Å²) in [7, 11) is 3.29. The molecule has 2 N–H and O–H groups in total. The van der Waals surface area contributed by atoms with Crippen LogP contribution in [0.5, 0.6) is 0 Å². The average Bonchev–Trinajstić information content (AvgIpc) is 2.39. The molecule has 1 heterocycles. The van der Waals surface area contributed by atoms with Crippen LogP contribution in [0.4, 0.5) is 20.4 Å². The van der Waals surface area contributed by atoms with Gasteiger partial charge in [0.05, 0.1) is 0 Å². The van der Waals surface area contributed by atoms with Gasteiger partial charge < -0.3 is 15.5 Å². The Morgan fingerprint density at radius 1 is 1.20 bits per heavy atom. The third-order valence-electron chi connectivity index (χ3n) is 2.60. The fourth-order valence-electron chi connectivity index (χ4n) is 1.47. The van der Waals surface area contributed by atoms with Gasteiger partial charge in [-0.25, -0.2) is 13.8 Å². The summed E-state index contributed by atoms with van der Waals surface area (Å²) < 4.78 is 27.0. The van der Waals surface area contributed by atoms with Crippen LogP contribution < -0.4 is 10.6 Å². The Morgan fingerprint density at radius 2 is 1.75 bits per heavy atom. The third-order valence-corrected chi connectivity index (χ3v) is 2.60. The number of hydrogen-bond donors (Lipinski definition) is 2. The van der Waals surface area contributed by atoms with E-state index in [9.17, 15) is 13.6 Å². The molecule has 0 saturated heterocycles. The Kier molecular flexibility index (Phi) is 6.14. The van der Waals surface area contributed by atoms with Gasteiger partial charge in [-0.1, -0.05) is 6.92 Å². The van der Waals surface area contributed by atoms with E-state index in [1.165, 1.54) is 4.90 Å². The van der Waals surface area contributed by atoms with Crippen molar-refractivity contribution in [2.75, 3.05) is 37.8 Å². The number of halogens is 2. The number of aromatic nitrogens is 1. The lowest BCUT2D eigenvalue weighted by molar-refractivity contribution is -0.128. The van der Waals surface area contributed by atoms with Crippen molar-refractivity contribution in [2.45, 2.75) is 19.8 Å². The highest BCUT2D eigenvalue weighted by atomic mass is 19.1. The van der Waals surface area contributed by atoms with Crippen LogP contribution in [0.1, 0.15) is 19.8 Å². The van der Waals surface area contributed by atoms with E-state index >= 15 is 0 Å². The van der Waals surface area contributed by atoms with Gasteiger partial charge in [-0.2, -0.15) is 0 Å². The molecule has 0 atom stereocenters. The first-order valence-corrected chi connectivity index (χ1v) is 6.49.